The number of hydrogen-bond donors (Lipinski definition) is 2. The van der Waals surface area contributed by atoms with E-state index in [9.17, 15) is 4.79 Å². The number of rotatable bonds is 7. The fraction of sp³-hybridized carbons (Fsp3) is 0.500. The molecule has 5 heteroatoms. The molecule has 1 aromatic carbocycles. The van der Waals surface area contributed by atoms with Crippen molar-refractivity contribution in [2.24, 2.45) is 0 Å². The van der Waals surface area contributed by atoms with Gasteiger partial charge in [0, 0.05) is 23.8 Å². The Labute approximate surface area is 123 Å². The van der Waals surface area contributed by atoms with Gasteiger partial charge in [-0.25, -0.2) is 0 Å². The molecular formula is C14H21BrN2O2. The van der Waals surface area contributed by atoms with Crippen LogP contribution in [0.2, 0.25) is 0 Å². The van der Waals surface area contributed by atoms with E-state index in [1.807, 2.05) is 19.1 Å². The number of nitrogens with one attached hydrogen (secondary N) is 2. The van der Waals surface area contributed by atoms with E-state index in [1.165, 1.54) is 5.56 Å². The number of anilines is 1. The van der Waals surface area contributed by atoms with E-state index in [-0.39, 0.29) is 11.9 Å². The fourth-order valence-corrected chi connectivity index (χ4v) is 2.13. The van der Waals surface area contributed by atoms with Crippen molar-refractivity contribution in [1.29, 1.82) is 0 Å². The molecule has 0 aliphatic heterocycles. The second-order valence-electron chi connectivity index (χ2n) is 4.30. The molecule has 4 nitrogen and oxygen atoms in total. The van der Waals surface area contributed by atoms with Crippen LogP contribution in [0.1, 0.15) is 19.4 Å². The predicted molar refractivity (Wildman–Crippen MR) is 81.5 cm³/mol. The Bertz CT molecular complexity index is 424. The highest BCUT2D eigenvalue weighted by atomic mass is 79.9. The summed E-state index contributed by atoms with van der Waals surface area (Å²) < 4.78 is 5.95. The Hall–Kier alpha value is -1.07. The number of amides is 1. The van der Waals surface area contributed by atoms with E-state index in [1.54, 1.807) is 7.11 Å². The summed E-state index contributed by atoms with van der Waals surface area (Å²) in [5.74, 6) is -0.0259. The molecule has 1 unspecified atom stereocenters. The van der Waals surface area contributed by atoms with Crippen LogP contribution in [-0.2, 0) is 16.0 Å². The van der Waals surface area contributed by atoms with E-state index >= 15 is 0 Å². The third-order valence-corrected chi connectivity index (χ3v) is 3.31. The van der Waals surface area contributed by atoms with Crippen molar-refractivity contribution in [3.63, 3.8) is 0 Å². The number of methoxy groups -OCH3 is 1. The molecule has 19 heavy (non-hydrogen) atoms. The summed E-state index contributed by atoms with van der Waals surface area (Å²) in [6, 6.07) is 5.75. The van der Waals surface area contributed by atoms with Gasteiger partial charge in [0.05, 0.1) is 6.61 Å². The molecule has 0 bridgehead atoms. The van der Waals surface area contributed by atoms with Gasteiger partial charge in [0.1, 0.15) is 6.04 Å². The van der Waals surface area contributed by atoms with Gasteiger partial charge in [0.2, 0.25) is 5.91 Å². The van der Waals surface area contributed by atoms with Crippen molar-refractivity contribution in [2.45, 2.75) is 26.3 Å². The van der Waals surface area contributed by atoms with Gasteiger partial charge >= 0.3 is 0 Å². The summed E-state index contributed by atoms with van der Waals surface area (Å²) in [6.07, 6.45) is 0.916. The van der Waals surface area contributed by atoms with Gasteiger partial charge < -0.3 is 15.4 Å². The fourth-order valence-electron chi connectivity index (χ4n) is 1.72. The average Bonchev–Trinajstić information content (AvgIpc) is 2.40. The minimum absolute atomic E-state index is 0.0259. The highest BCUT2D eigenvalue weighted by Crippen LogP contribution is 2.22. The van der Waals surface area contributed by atoms with Crippen LogP contribution in [0.3, 0.4) is 0 Å². The van der Waals surface area contributed by atoms with Crippen molar-refractivity contribution in [2.75, 3.05) is 25.6 Å². The lowest BCUT2D eigenvalue weighted by Crippen LogP contribution is -2.39. The zero-order chi connectivity index (χ0) is 14.3. The Morgan fingerprint density at radius 3 is 2.84 bits per heavy atom. The summed E-state index contributed by atoms with van der Waals surface area (Å²) in [5.41, 5.74) is 2.19. The molecule has 0 aliphatic carbocycles. The molecule has 1 amide bonds. The number of ether oxygens (including phenoxy) is 1. The van der Waals surface area contributed by atoms with Crippen LogP contribution >= 0.6 is 15.9 Å². The zero-order valence-corrected chi connectivity index (χ0v) is 13.2. The summed E-state index contributed by atoms with van der Waals surface area (Å²) in [4.78, 5) is 11.9. The molecule has 2 N–H and O–H groups in total. The Balaban J connectivity index is 2.60. The molecule has 0 aliphatic rings. The third kappa shape index (κ3) is 5.20. The molecule has 0 fully saturated rings. The van der Waals surface area contributed by atoms with E-state index < -0.39 is 0 Å². The summed E-state index contributed by atoms with van der Waals surface area (Å²) in [7, 11) is 1.61. The molecule has 1 rings (SSSR count). The SMILES string of the molecule is CCc1cc(Br)ccc1NC(C)C(=O)NCCOC. The van der Waals surface area contributed by atoms with Crippen LogP contribution in [0.15, 0.2) is 22.7 Å². The topological polar surface area (TPSA) is 50.4 Å². The number of aryl methyl sites for hydroxylation is 1. The van der Waals surface area contributed by atoms with E-state index in [2.05, 4.69) is 39.6 Å². The van der Waals surface area contributed by atoms with Gasteiger partial charge in [-0.1, -0.05) is 22.9 Å². The maximum absolute atomic E-state index is 11.9. The molecule has 0 saturated carbocycles. The highest BCUT2D eigenvalue weighted by molar-refractivity contribution is 9.10. The van der Waals surface area contributed by atoms with Gasteiger partial charge in [-0.3, -0.25) is 4.79 Å². The molecule has 0 saturated heterocycles. The van der Waals surface area contributed by atoms with Crippen LogP contribution in [0.25, 0.3) is 0 Å². The molecule has 1 aromatic rings. The van der Waals surface area contributed by atoms with Crippen molar-refractivity contribution in [3.8, 4) is 0 Å². The van der Waals surface area contributed by atoms with Crippen molar-refractivity contribution in [1.82, 2.24) is 5.32 Å². The summed E-state index contributed by atoms with van der Waals surface area (Å²) in [6.45, 7) is 5.00. The first kappa shape index (κ1) is 16.0. The lowest BCUT2D eigenvalue weighted by atomic mass is 10.1. The van der Waals surface area contributed by atoms with Gasteiger partial charge in [-0.05, 0) is 37.1 Å². The van der Waals surface area contributed by atoms with Crippen LogP contribution in [0.4, 0.5) is 5.69 Å². The van der Waals surface area contributed by atoms with Gasteiger partial charge in [-0.2, -0.15) is 0 Å². The van der Waals surface area contributed by atoms with Crippen molar-refractivity contribution >= 4 is 27.5 Å². The summed E-state index contributed by atoms with van der Waals surface area (Å²) >= 11 is 3.45. The normalized spacial score (nSPS) is 12.0. The van der Waals surface area contributed by atoms with E-state index in [0.717, 1.165) is 16.6 Å². The van der Waals surface area contributed by atoms with Crippen LogP contribution in [0.5, 0.6) is 0 Å². The molecular weight excluding hydrogens is 308 g/mol. The molecule has 0 spiro atoms. The largest absolute Gasteiger partial charge is 0.383 e. The molecule has 0 aromatic heterocycles. The minimum atomic E-state index is -0.275. The first-order chi connectivity index (χ1) is 9.08. The molecule has 1 atom stereocenters. The molecule has 0 heterocycles. The number of halogens is 1. The van der Waals surface area contributed by atoms with Crippen molar-refractivity contribution in [3.05, 3.63) is 28.2 Å². The Morgan fingerprint density at radius 1 is 1.47 bits per heavy atom. The minimum Gasteiger partial charge on any atom is -0.383 e. The average molecular weight is 329 g/mol. The van der Waals surface area contributed by atoms with Crippen LogP contribution < -0.4 is 10.6 Å². The smallest absolute Gasteiger partial charge is 0.242 e. The van der Waals surface area contributed by atoms with Crippen LogP contribution in [0, 0.1) is 0 Å². The maximum atomic E-state index is 11.9. The van der Waals surface area contributed by atoms with E-state index in [4.69, 9.17) is 4.74 Å². The quantitative estimate of drug-likeness (QED) is 0.756. The Kier molecular flexibility index (Phi) is 6.87. The summed E-state index contributed by atoms with van der Waals surface area (Å²) in [5, 5.41) is 6.06. The highest BCUT2D eigenvalue weighted by Gasteiger charge is 2.13. The first-order valence-corrected chi connectivity index (χ1v) is 7.19. The number of carbonyl (C=O) groups excluding carboxylic acids is 1. The second kappa shape index (κ2) is 8.17. The van der Waals surface area contributed by atoms with Gasteiger partial charge in [0.15, 0.2) is 0 Å². The van der Waals surface area contributed by atoms with Gasteiger partial charge in [0.25, 0.3) is 0 Å². The lowest BCUT2D eigenvalue weighted by Gasteiger charge is -2.17. The second-order valence-corrected chi connectivity index (χ2v) is 5.22. The number of hydrogen-bond acceptors (Lipinski definition) is 3. The first-order valence-electron chi connectivity index (χ1n) is 6.40. The maximum Gasteiger partial charge on any atom is 0.242 e. The Morgan fingerprint density at radius 2 is 2.21 bits per heavy atom. The number of carbonyl (C=O) groups is 1. The lowest BCUT2D eigenvalue weighted by molar-refractivity contribution is -0.121. The molecule has 106 valence electrons. The van der Waals surface area contributed by atoms with Crippen molar-refractivity contribution < 1.29 is 9.53 Å². The molecule has 0 radical (unpaired) electrons. The van der Waals surface area contributed by atoms with Crippen LogP contribution in [-0.4, -0.2) is 32.2 Å². The van der Waals surface area contributed by atoms with Gasteiger partial charge in [-0.15, -0.1) is 0 Å². The predicted octanol–water partition coefficient (Wildman–Crippen LogP) is 2.57. The van der Waals surface area contributed by atoms with E-state index in [0.29, 0.717) is 13.2 Å². The monoisotopic (exact) mass is 328 g/mol. The third-order valence-electron chi connectivity index (χ3n) is 2.82. The standard InChI is InChI=1S/C14H21BrN2O2/c1-4-11-9-12(15)5-6-13(11)17-10(2)14(18)16-7-8-19-3/h5-6,9-10,17H,4,7-8H2,1-3H3,(H,16,18). The zero-order valence-electron chi connectivity index (χ0n) is 11.6. The number of benzene rings is 1.